The van der Waals surface area contributed by atoms with Crippen molar-refractivity contribution in [3.8, 4) is 22.8 Å². The molecule has 98 valence electrons. The number of hydrogen-bond acceptors (Lipinski definition) is 4. The fraction of sp³-hybridized carbons (Fsp3) is 0.0625. The molecule has 0 radical (unpaired) electrons. The Labute approximate surface area is 117 Å². The molecule has 4 nitrogen and oxygen atoms in total. The highest BCUT2D eigenvalue weighted by atomic mass is 14.9. The van der Waals surface area contributed by atoms with Gasteiger partial charge in [-0.25, -0.2) is 9.97 Å². The van der Waals surface area contributed by atoms with Crippen molar-refractivity contribution in [3.05, 3.63) is 60.4 Å². The molecule has 2 heterocycles. The number of pyridine rings is 1. The van der Waals surface area contributed by atoms with Crippen LogP contribution in [0, 0.1) is 6.92 Å². The molecule has 0 amide bonds. The third kappa shape index (κ3) is 2.49. The van der Waals surface area contributed by atoms with Gasteiger partial charge in [0.15, 0.2) is 5.82 Å². The fourth-order valence-corrected chi connectivity index (χ4v) is 2.02. The van der Waals surface area contributed by atoms with Crippen molar-refractivity contribution in [2.24, 2.45) is 0 Å². The predicted molar refractivity (Wildman–Crippen MR) is 79.8 cm³/mol. The van der Waals surface area contributed by atoms with Crippen LogP contribution >= 0.6 is 0 Å². The summed E-state index contributed by atoms with van der Waals surface area (Å²) in [4.78, 5) is 13.4. The molecule has 0 atom stereocenters. The van der Waals surface area contributed by atoms with Gasteiger partial charge in [-0.2, -0.15) is 0 Å². The monoisotopic (exact) mass is 262 g/mol. The molecule has 1 aromatic carbocycles. The lowest BCUT2D eigenvalue weighted by Crippen LogP contribution is -1.96. The highest BCUT2D eigenvalue weighted by Gasteiger charge is 2.07. The summed E-state index contributed by atoms with van der Waals surface area (Å²) < 4.78 is 0. The molecule has 0 fully saturated rings. The summed E-state index contributed by atoms with van der Waals surface area (Å²) >= 11 is 0. The van der Waals surface area contributed by atoms with E-state index in [2.05, 4.69) is 15.0 Å². The lowest BCUT2D eigenvalue weighted by molar-refractivity contribution is 1.10. The zero-order valence-electron chi connectivity index (χ0n) is 11.1. The van der Waals surface area contributed by atoms with Crippen LogP contribution in [-0.4, -0.2) is 15.0 Å². The van der Waals surface area contributed by atoms with Crippen molar-refractivity contribution in [3.63, 3.8) is 0 Å². The first kappa shape index (κ1) is 12.3. The van der Waals surface area contributed by atoms with Gasteiger partial charge in [0.25, 0.3) is 0 Å². The van der Waals surface area contributed by atoms with Gasteiger partial charge in [0, 0.05) is 23.1 Å². The molecule has 3 aromatic rings. The van der Waals surface area contributed by atoms with Gasteiger partial charge in [-0.15, -0.1) is 0 Å². The Morgan fingerprint density at radius 3 is 2.55 bits per heavy atom. The van der Waals surface area contributed by atoms with Gasteiger partial charge in [0.1, 0.15) is 0 Å². The number of aryl methyl sites for hydroxylation is 1. The van der Waals surface area contributed by atoms with Gasteiger partial charge in [0.05, 0.1) is 11.4 Å². The van der Waals surface area contributed by atoms with Crippen LogP contribution < -0.4 is 5.73 Å². The summed E-state index contributed by atoms with van der Waals surface area (Å²) in [5.74, 6) is 0.665. The van der Waals surface area contributed by atoms with E-state index in [9.17, 15) is 0 Å². The molecule has 2 N–H and O–H groups in total. The lowest BCUT2D eigenvalue weighted by atomic mass is 10.1. The Morgan fingerprint density at radius 1 is 0.900 bits per heavy atom. The van der Waals surface area contributed by atoms with Crippen molar-refractivity contribution < 1.29 is 0 Å². The van der Waals surface area contributed by atoms with Crippen LogP contribution in [0.5, 0.6) is 0 Å². The van der Waals surface area contributed by atoms with Crippen LogP contribution in [0.2, 0.25) is 0 Å². The Hall–Kier alpha value is -2.75. The lowest BCUT2D eigenvalue weighted by Gasteiger charge is -2.06. The van der Waals surface area contributed by atoms with Crippen molar-refractivity contribution in [1.82, 2.24) is 15.0 Å². The van der Waals surface area contributed by atoms with Crippen molar-refractivity contribution in [2.45, 2.75) is 6.92 Å². The average molecular weight is 262 g/mol. The molecule has 3 rings (SSSR count). The smallest absolute Gasteiger partial charge is 0.160 e. The first-order valence-corrected chi connectivity index (χ1v) is 6.35. The number of anilines is 1. The second kappa shape index (κ2) is 5.09. The van der Waals surface area contributed by atoms with E-state index in [0.717, 1.165) is 22.6 Å². The van der Waals surface area contributed by atoms with E-state index in [-0.39, 0.29) is 0 Å². The molecule has 0 unspecified atom stereocenters. The van der Waals surface area contributed by atoms with Gasteiger partial charge in [0.2, 0.25) is 0 Å². The van der Waals surface area contributed by atoms with E-state index in [4.69, 9.17) is 5.73 Å². The Bertz CT molecular complexity index is 738. The first-order chi connectivity index (χ1) is 9.72. The van der Waals surface area contributed by atoms with Crippen LogP contribution in [0.1, 0.15) is 5.69 Å². The molecule has 0 aliphatic rings. The second-order valence-corrected chi connectivity index (χ2v) is 4.56. The molecule has 2 aromatic heterocycles. The van der Waals surface area contributed by atoms with Gasteiger partial charge < -0.3 is 5.73 Å². The molecule has 0 spiro atoms. The Kier molecular flexibility index (Phi) is 3.13. The van der Waals surface area contributed by atoms with Crippen LogP contribution in [0.4, 0.5) is 5.69 Å². The summed E-state index contributed by atoms with van der Waals surface area (Å²) in [5, 5.41) is 0. The first-order valence-electron chi connectivity index (χ1n) is 6.35. The van der Waals surface area contributed by atoms with Crippen molar-refractivity contribution in [1.29, 1.82) is 0 Å². The number of aromatic nitrogens is 3. The van der Waals surface area contributed by atoms with Crippen LogP contribution in [-0.2, 0) is 0 Å². The topological polar surface area (TPSA) is 64.7 Å². The zero-order chi connectivity index (χ0) is 13.9. The summed E-state index contributed by atoms with van der Waals surface area (Å²) in [6.07, 6.45) is 1.76. The molecule has 0 saturated carbocycles. The number of hydrogen-bond donors (Lipinski definition) is 1. The Morgan fingerprint density at radius 2 is 1.80 bits per heavy atom. The van der Waals surface area contributed by atoms with Crippen LogP contribution in [0.3, 0.4) is 0 Å². The van der Waals surface area contributed by atoms with Crippen molar-refractivity contribution >= 4 is 5.69 Å². The van der Waals surface area contributed by atoms with Gasteiger partial charge in [-0.3, -0.25) is 4.98 Å². The summed E-state index contributed by atoms with van der Waals surface area (Å²) in [7, 11) is 0. The summed E-state index contributed by atoms with van der Waals surface area (Å²) in [5.41, 5.74) is 9.98. The van der Waals surface area contributed by atoms with E-state index in [1.54, 1.807) is 6.20 Å². The van der Waals surface area contributed by atoms with E-state index >= 15 is 0 Å². The molecule has 0 saturated heterocycles. The molecule has 4 heteroatoms. The Balaban J connectivity index is 2.12. The molecule has 0 aliphatic carbocycles. The number of nitrogens with two attached hydrogens (primary N) is 1. The number of rotatable bonds is 2. The molecule has 20 heavy (non-hydrogen) atoms. The highest BCUT2D eigenvalue weighted by Crippen LogP contribution is 2.22. The van der Waals surface area contributed by atoms with Crippen molar-refractivity contribution in [2.75, 3.05) is 5.73 Å². The molecule has 0 bridgehead atoms. The third-order valence-corrected chi connectivity index (χ3v) is 2.93. The SMILES string of the molecule is Cc1cc(-c2ccccn2)nc(-c2cccc(N)c2)n1. The maximum atomic E-state index is 5.82. The van der Waals surface area contributed by atoms with Crippen LogP contribution in [0.15, 0.2) is 54.7 Å². The van der Waals surface area contributed by atoms with Gasteiger partial charge in [-0.1, -0.05) is 18.2 Å². The standard InChI is InChI=1S/C16H14N4/c1-11-9-15(14-7-2-3-8-18-14)20-16(19-11)12-5-4-6-13(17)10-12/h2-10H,17H2,1H3. The third-order valence-electron chi connectivity index (χ3n) is 2.93. The maximum Gasteiger partial charge on any atom is 0.160 e. The number of nitrogen functional groups attached to an aromatic ring is 1. The van der Waals surface area contributed by atoms with E-state index in [0.29, 0.717) is 11.5 Å². The minimum atomic E-state index is 0.665. The van der Waals surface area contributed by atoms with E-state index in [1.807, 2.05) is 55.5 Å². The average Bonchev–Trinajstić information content (AvgIpc) is 2.47. The van der Waals surface area contributed by atoms with Gasteiger partial charge in [-0.05, 0) is 37.3 Å². The van der Waals surface area contributed by atoms with Gasteiger partial charge >= 0.3 is 0 Å². The maximum absolute atomic E-state index is 5.82. The quantitative estimate of drug-likeness (QED) is 0.721. The molecular formula is C16H14N4. The van der Waals surface area contributed by atoms with Crippen LogP contribution in [0.25, 0.3) is 22.8 Å². The fourth-order valence-electron chi connectivity index (χ4n) is 2.02. The summed E-state index contributed by atoms with van der Waals surface area (Å²) in [6, 6.07) is 15.3. The number of nitrogens with zero attached hydrogens (tertiary/aromatic N) is 3. The predicted octanol–water partition coefficient (Wildman–Crippen LogP) is 3.10. The van der Waals surface area contributed by atoms with E-state index < -0.39 is 0 Å². The highest BCUT2D eigenvalue weighted by molar-refractivity contribution is 5.64. The molecular weight excluding hydrogens is 248 g/mol. The summed E-state index contributed by atoms with van der Waals surface area (Å²) in [6.45, 7) is 1.95. The minimum absolute atomic E-state index is 0.665. The zero-order valence-corrected chi connectivity index (χ0v) is 11.1. The van der Waals surface area contributed by atoms with E-state index in [1.165, 1.54) is 0 Å². The minimum Gasteiger partial charge on any atom is -0.399 e. The largest absolute Gasteiger partial charge is 0.399 e. The number of benzene rings is 1. The second-order valence-electron chi connectivity index (χ2n) is 4.56. The normalized spacial score (nSPS) is 10.4. The molecule has 0 aliphatic heterocycles.